The minimum atomic E-state index is 0.324. The number of fused-ring (bicyclic) bond motifs is 1. The topological polar surface area (TPSA) is 24.5 Å². The van der Waals surface area contributed by atoms with Gasteiger partial charge in [-0.15, -0.1) is 0 Å². The maximum absolute atomic E-state index is 5.65. The molecule has 4 heteroatoms. The number of rotatable bonds is 3. The molecule has 1 fully saturated rings. The first kappa shape index (κ1) is 16.6. The van der Waals surface area contributed by atoms with E-state index >= 15 is 0 Å². The van der Waals surface area contributed by atoms with Gasteiger partial charge in [-0.1, -0.05) is 48.5 Å². The largest absolute Gasteiger partial charge is 0.376 e. The van der Waals surface area contributed by atoms with Crippen LogP contribution in [0.5, 0.6) is 0 Å². The molecule has 2 aliphatic heterocycles. The van der Waals surface area contributed by atoms with Crippen molar-refractivity contribution in [3.63, 3.8) is 0 Å². The van der Waals surface area contributed by atoms with Crippen molar-refractivity contribution in [3.05, 3.63) is 54.1 Å². The van der Waals surface area contributed by atoms with E-state index in [0.717, 1.165) is 44.2 Å². The van der Waals surface area contributed by atoms with Gasteiger partial charge in [0.15, 0.2) is 5.11 Å². The lowest BCUT2D eigenvalue weighted by Crippen LogP contribution is -2.44. The van der Waals surface area contributed by atoms with Gasteiger partial charge in [0.25, 0.3) is 0 Å². The average molecular weight is 353 g/mol. The molecule has 130 valence electrons. The molecular weight excluding hydrogens is 328 g/mol. The summed E-state index contributed by atoms with van der Waals surface area (Å²) in [6.07, 6.45) is 5.98. The summed E-state index contributed by atoms with van der Waals surface area (Å²) in [5.41, 5.74) is 2.78. The van der Waals surface area contributed by atoms with E-state index in [1.54, 1.807) is 0 Å². The van der Waals surface area contributed by atoms with E-state index in [1.807, 2.05) is 0 Å². The molecule has 0 radical (unpaired) electrons. The first-order chi connectivity index (χ1) is 12.3. The fourth-order valence-electron chi connectivity index (χ4n) is 3.72. The van der Waals surface area contributed by atoms with Crippen LogP contribution in [0, 0.1) is 0 Å². The second kappa shape index (κ2) is 7.54. The van der Waals surface area contributed by atoms with E-state index < -0.39 is 0 Å². The molecule has 0 saturated carbocycles. The SMILES string of the molecule is S=C(NC[C@@H]1CCCO1)N1CC=C(c2cccc3ccccc23)CC1. The zero-order valence-corrected chi connectivity index (χ0v) is 15.2. The number of hydrogen-bond acceptors (Lipinski definition) is 2. The van der Waals surface area contributed by atoms with Crippen LogP contribution in [0.4, 0.5) is 0 Å². The molecule has 4 rings (SSSR count). The van der Waals surface area contributed by atoms with Crippen LogP contribution >= 0.6 is 12.2 Å². The Morgan fingerprint density at radius 1 is 1.20 bits per heavy atom. The number of nitrogens with one attached hydrogen (secondary N) is 1. The van der Waals surface area contributed by atoms with Crippen LogP contribution in [0.2, 0.25) is 0 Å². The normalized spacial score (nSPS) is 20.6. The lowest BCUT2D eigenvalue weighted by atomic mass is 9.94. The Kier molecular flexibility index (Phi) is 4.99. The van der Waals surface area contributed by atoms with Gasteiger partial charge in [0, 0.05) is 26.2 Å². The Hall–Kier alpha value is -1.91. The molecule has 2 aromatic carbocycles. The molecule has 0 spiro atoms. The predicted octanol–water partition coefficient (Wildman–Crippen LogP) is 3.98. The molecule has 2 heterocycles. The minimum Gasteiger partial charge on any atom is -0.376 e. The fraction of sp³-hybridized carbons (Fsp3) is 0.381. The maximum Gasteiger partial charge on any atom is 0.169 e. The van der Waals surface area contributed by atoms with E-state index in [9.17, 15) is 0 Å². The van der Waals surface area contributed by atoms with E-state index in [0.29, 0.717) is 6.10 Å². The van der Waals surface area contributed by atoms with Crippen molar-refractivity contribution < 1.29 is 4.74 Å². The molecule has 0 aromatic heterocycles. The Labute approximate surface area is 154 Å². The van der Waals surface area contributed by atoms with Gasteiger partial charge in [0.05, 0.1) is 6.10 Å². The number of hydrogen-bond donors (Lipinski definition) is 1. The van der Waals surface area contributed by atoms with Gasteiger partial charge in [-0.25, -0.2) is 0 Å². The third kappa shape index (κ3) is 3.70. The molecule has 2 aliphatic rings. The molecule has 1 N–H and O–H groups in total. The standard InChI is InChI=1S/C21H24N2OS/c25-21(22-15-18-7-4-14-24-18)23-12-10-17(11-13-23)20-9-3-6-16-5-1-2-8-19(16)20/h1-3,5-6,8-10,18H,4,7,11-15H2,(H,22,25)/t18-/m0/s1. The Balaban J connectivity index is 1.42. The first-order valence-corrected chi connectivity index (χ1v) is 9.53. The lowest BCUT2D eigenvalue weighted by Gasteiger charge is -2.30. The van der Waals surface area contributed by atoms with Crippen LogP contribution in [-0.4, -0.2) is 42.4 Å². The monoisotopic (exact) mass is 352 g/mol. The third-order valence-electron chi connectivity index (χ3n) is 5.14. The van der Waals surface area contributed by atoms with Gasteiger partial charge < -0.3 is 15.0 Å². The van der Waals surface area contributed by atoms with E-state index in [1.165, 1.54) is 28.3 Å². The van der Waals surface area contributed by atoms with E-state index in [4.69, 9.17) is 17.0 Å². The van der Waals surface area contributed by atoms with Crippen molar-refractivity contribution in [2.24, 2.45) is 0 Å². The molecular formula is C21H24N2OS. The van der Waals surface area contributed by atoms with E-state index in [2.05, 4.69) is 58.8 Å². The second-order valence-electron chi connectivity index (χ2n) is 6.77. The summed E-state index contributed by atoms with van der Waals surface area (Å²) in [6, 6.07) is 15.2. The van der Waals surface area contributed by atoms with Crippen molar-refractivity contribution in [1.29, 1.82) is 0 Å². The summed E-state index contributed by atoms with van der Waals surface area (Å²) in [4.78, 5) is 2.25. The van der Waals surface area contributed by atoms with Crippen LogP contribution < -0.4 is 5.32 Å². The van der Waals surface area contributed by atoms with Crippen LogP contribution in [0.3, 0.4) is 0 Å². The van der Waals surface area contributed by atoms with Crippen molar-refractivity contribution in [2.45, 2.75) is 25.4 Å². The van der Waals surface area contributed by atoms with Gasteiger partial charge >= 0.3 is 0 Å². The molecule has 1 atom stereocenters. The van der Waals surface area contributed by atoms with Gasteiger partial charge in [0.1, 0.15) is 0 Å². The van der Waals surface area contributed by atoms with Crippen molar-refractivity contribution >= 4 is 33.7 Å². The first-order valence-electron chi connectivity index (χ1n) is 9.13. The van der Waals surface area contributed by atoms with Gasteiger partial charge in [-0.05, 0) is 53.4 Å². The Morgan fingerprint density at radius 3 is 2.88 bits per heavy atom. The molecule has 1 saturated heterocycles. The van der Waals surface area contributed by atoms with Crippen molar-refractivity contribution in [2.75, 3.05) is 26.2 Å². The van der Waals surface area contributed by atoms with Crippen molar-refractivity contribution in [3.8, 4) is 0 Å². The Morgan fingerprint density at radius 2 is 2.08 bits per heavy atom. The van der Waals surface area contributed by atoms with Gasteiger partial charge in [-0.3, -0.25) is 0 Å². The number of nitrogens with zero attached hydrogens (tertiary/aromatic N) is 1. The Bertz CT molecular complexity index is 790. The summed E-state index contributed by atoms with van der Waals surface area (Å²) in [7, 11) is 0. The summed E-state index contributed by atoms with van der Waals surface area (Å²) in [5, 5.41) is 6.87. The number of ether oxygens (including phenoxy) is 1. The second-order valence-corrected chi connectivity index (χ2v) is 7.16. The predicted molar refractivity (Wildman–Crippen MR) is 108 cm³/mol. The van der Waals surface area contributed by atoms with Crippen LogP contribution in [-0.2, 0) is 4.74 Å². The van der Waals surface area contributed by atoms with Crippen molar-refractivity contribution in [1.82, 2.24) is 10.2 Å². The minimum absolute atomic E-state index is 0.324. The highest BCUT2D eigenvalue weighted by molar-refractivity contribution is 7.80. The molecule has 25 heavy (non-hydrogen) atoms. The maximum atomic E-state index is 5.65. The van der Waals surface area contributed by atoms with Crippen LogP contribution in [0.25, 0.3) is 16.3 Å². The lowest BCUT2D eigenvalue weighted by molar-refractivity contribution is 0.113. The fourth-order valence-corrected chi connectivity index (χ4v) is 3.97. The molecule has 0 aliphatic carbocycles. The third-order valence-corrected chi connectivity index (χ3v) is 5.54. The summed E-state index contributed by atoms with van der Waals surface area (Å²) < 4.78 is 5.65. The van der Waals surface area contributed by atoms with E-state index in [-0.39, 0.29) is 0 Å². The highest BCUT2D eigenvalue weighted by atomic mass is 32.1. The van der Waals surface area contributed by atoms with Gasteiger partial charge in [0.2, 0.25) is 0 Å². The molecule has 0 unspecified atom stereocenters. The highest BCUT2D eigenvalue weighted by Crippen LogP contribution is 2.29. The number of benzene rings is 2. The molecule has 2 aromatic rings. The summed E-state index contributed by atoms with van der Waals surface area (Å²) in [5.74, 6) is 0. The quantitative estimate of drug-likeness (QED) is 0.845. The number of thiocarbonyl (C=S) groups is 1. The molecule has 0 amide bonds. The summed E-state index contributed by atoms with van der Waals surface area (Å²) >= 11 is 5.57. The van der Waals surface area contributed by atoms with Crippen LogP contribution in [0.1, 0.15) is 24.8 Å². The highest BCUT2D eigenvalue weighted by Gasteiger charge is 2.19. The molecule has 0 bridgehead atoms. The summed E-state index contributed by atoms with van der Waals surface area (Å²) in [6.45, 7) is 3.55. The molecule has 3 nitrogen and oxygen atoms in total. The smallest absolute Gasteiger partial charge is 0.169 e. The zero-order chi connectivity index (χ0) is 17.1. The zero-order valence-electron chi connectivity index (χ0n) is 14.4. The average Bonchev–Trinajstić information content (AvgIpc) is 3.19. The van der Waals surface area contributed by atoms with Gasteiger partial charge in [-0.2, -0.15) is 0 Å². The van der Waals surface area contributed by atoms with Crippen LogP contribution in [0.15, 0.2) is 48.5 Å².